The normalized spacial score (nSPS) is 11.7. The zero-order chi connectivity index (χ0) is 12.3. The van der Waals surface area contributed by atoms with E-state index in [2.05, 4.69) is 51.4 Å². The predicted octanol–water partition coefficient (Wildman–Crippen LogP) is 4.45. The van der Waals surface area contributed by atoms with Crippen LogP contribution >= 0.6 is 0 Å². The zero-order valence-corrected chi connectivity index (χ0v) is 11.0. The minimum Gasteiger partial charge on any atom is -0.258 e. The van der Waals surface area contributed by atoms with Crippen LogP contribution in [-0.2, 0) is 0 Å². The minimum atomic E-state index is 0.875. The number of hydrogen-bond donors (Lipinski definition) is 0. The van der Waals surface area contributed by atoms with Gasteiger partial charge in [-0.3, -0.25) is 4.99 Å². The molecule has 0 unspecified atom stereocenters. The first-order valence-corrected chi connectivity index (χ1v) is 5.77. The molecule has 0 saturated carbocycles. The zero-order valence-electron chi connectivity index (χ0n) is 11.0. The number of aliphatic imine (C=N–C) groups is 1. The van der Waals surface area contributed by atoms with Gasteiger partial charge < -0.3 is 0 Å². The highest BCUT2D eigenvalue weighted by Crippen LogP contribution is 2.23. The van der Waals surface area contributed by atoms with Gasteiger partial charge in [0.2, 0.25) is 0 Å². The second kappa shape index (κ2) is 5.11. The van der Waals surface area contributed by atoms with Gasteiger partial charge in [-0.25, -0.2) is 0 Å². The Hall–Kier alpha value is -1.37. The third-order valence-corrected chi connectivity index (χ3v) is 3.21. The summed E-state index contributed by atoms with van der Waals surface area (Å²) in [5.74, 6) is 0. The van der Waals surface area contributed by atoms with Crippen LogP contribution in [0.1, 0.15) is 42.5 Å². The van der Waals surface area contributed by atoms with E-state index >= 15 is 0 Å². The maximum atomic E-state index is 4.52. The Kier molecular flexibility index (Phi) is 4.05. The van der Waals surface area contributed by atoms with E-state index in [1.165, 1.54) is 16.7 Å². The average Bonchev–Trinajstić information content (AvgIpc) is 2.25. The molecular weight excluding hydrogens is 194 g/mol. The van der Waals surface area contributed by atoms with Crippen LogP contribution in [0, 0.1) is 20.8 Å². The molecule has 86 valence electrons. The Morgan fingerprint density at radius 3 is 2.38 bits per heavy atom. The number of rotatable bonds is 3. The first kappa shape index (κ1) is 12.7. The molecule has 1 heteroatoms. The Morgan fingerprint density at radius 2 is 1.81 bits per heavy atom. The van der Waals surface area contributed by atoms with Crippen LogP contribution in [0.5, 0.6) is 0 Å². The SMILES string of the molecule is C=C(N=C(C)CC)c1ccc(C)c(C)c1C. The summed E-state index contributed by atoms with van der Waals surface area (Å²) in [5.41, 5.74) is 7.12. The Bertz CT molecular complexity index is 439. The molecule has 0 radical (unpaired) electrons. The molecule has 0 atom stereocenters. The monoisotopic (exact) mass is 215 g/mol. The standard InChI is InChI=1S/C15H21N/c1-7-11(3)16-14(6)15-9-8-10(2)12(4)13(15)5/h8-9H,6-7H2,1-5H3. The summed E-state index contributed by atoms with van der Waals surface area (Å²) >= 11 is 0. The summed E-state index contributed by atoms with van der Waals surface area (Å²) in [6, 6.07) is 4.26. The molecule has 0 fully saturated rings. The fraction of sp³-hybridized carbons (Fsp3) is 0.400. The molecule has 1 nitrogen and oxygen atoms in total. The van der Waals surface area contributed by atoms with E-state index in [0.717, 1.165) is 23.4 Å². The number of hydrogen-bond acceptors (Lipinski definition) is 1. The van der Waals surface area contributed by atoms with Gasteiger partial charge in [-0.05, 0) is 50.8 Å². The van der Waals surface area contributed by atoms with E-state index in [0.29, 0.717) is 0 Å². The molecule has 1 aromatic carbocycles. The molecule has 0 aliphatic carbocycles. The maximum Gasteiger partial charge on any atom is 0.0632 e. The van der Waals surface area contributed by atoms with Crippen LogP contribution in [0.25, 0.3) is 5.70 Å². The van der Waals surface area contributed by atoms with E-state index in [9.17, 15) is 0 Å². The Labute approximate surface area is 98.9 Å². The van der Waals surface area contributed by atoms with Crippen LogP contribution in [0.2, 0.25) is 0 Å². The second-order valence-corrected chi connectivity index (χ2v) is 4.33. The van der Waals surface area contributed by atoms with Crippen LogP contribution in [0.3, 0.4) is 0 Å². The summed E-state index contributed by atoms with van der Waals surface area (Å²) in [5, 5.41) is 0. The van der Waals surface area contributed by atoms with Crippen molar-refractivity contribution in [3.63, 3.8) is 0 Å². The highest BCUT2D eigenvalue weighted by Gasteiger charge is 2.06. The number of nitrogens with zero attached hydrogens (tertiary/aromatic N) is 1. The third-order valence-electron chi connectivity index (χ3n) is 3.21. The van der Waals surface area contributed by atoms with Crippen molar-refractivity contribution in [2.45, 2.75) is 41.0 Å². The van der Waals surface area contributed by atoms with Crippen molar-refractivity contribution < 1.29 is 0 Å². The lowest BCUT2D eigenvalue weighted by atomic mass is 9.97. The van der Waals surface area contributed by atoms with E-state index in [1.807, 2.05) is 6.92 Å². The lowest BCUT2D eigenvalue weighted by molar-refractivity contribution is 1.23. The molecule has 0 N–H and O–H groups in total. The van der Waals surface area contributed by atoms with Crippen molar-refractivity contribution in [1.29, 1.82) is 0 Å². The van der Waals surface area contributed by atoms with Crippen LogP contribution in [0.15, 0.2) is 23.7 Å². The summed E-state index contributed by atoms with van der Waals surface area (Å²) in [4.78, 5) is 4.52. The summed E-state index contributed by atoms with van der Waals surface area (Å²) in [6.45, 7) is 14.6. The average molecular weight is 215 g/mol. The third kappa shape index (κ3) is 2.60. The molecule has 0 aliphatic rings. The van der Waals surface area contributed by atoms with Crippen molar-refractivity contribution >= 4 is 11.4 Å². The quantitative estimate of drug-likeness (QED) is 0.660. The van der Waals surface area contributed by atoms with E-state index in [-0.39, 0.29) is 0 Å². The highest BCUT2D eigenvalue weighted by atomic mass is 14.7. The first-order chi connectivity index (χ1) is 7.47. The second-order valence-electron chi connectivity index (χ2n) is 4.33. The van der Waals surface area contributed by atoms with E-state index < -0.39 is 0 Å². The number of benzene rings is 1. The molecular formula is C15H21N. The smallest absolute Gasteiger partial charge is 0.0632 e. The van der Waals surface area contributed by atoms with Gasteiger partial charge >= 0.3 is 0 Å². The van der Waals surface area contributed by atoms with Gasteiger partial charge in [0, 0.05) is 11.3 Å². The molecule has 0 saturated heterocycles. The minimum absolute atomic E-state index is 0.875. The highest BCUT2D eigenvalue weighted by molar-refractivity contribution is 5.87. The van der Waals surface area contributed by atoms with Crippen molar-refractivity contribution in [1.82, 2.24) is 0 Å². The van der Waals surface area contributed by atoms with Gasteiger partial charge in [0.15, 0.2) is 0 Å². The Balaban J connectivity index is 3.16. The molecule has 0 heterocycles. The molecule has 16 heavy (non-hydrogen) atoms. The first-order valence-electron chi connectivity index (χ1n) is 5.77. The lowest BCUT2D eigenvalue weighted by Crippen LogP contribution is -1.95. The topological polar surface area (TPSA) is 12.4 Å². The molecule has 0 amide bonds. The molecule has 1 aromatic rings. The Morgan fingerprint density at radius 1 is 1.19 bits per heavy atom. The van der Waals surface area contributed by atoms with Crippen LogP contribution < -0.4 is 0 Å². The molecule has 0 bridgehead atoms. The van der Waals surface area contributed by atoms with Crippen LogP contribution in [0.4, 0.5) is 0 Å². The predicted molar refractivity (Wildman–Crippen MR) is 73.1 cm³/mol. The molecule has 1 rings (SSSR count). The van der Waals surface area contributed by atoms with Gasteiger partial charge in [-0.15, -0.1) is 0 Å². The largest absolute Gasteiger partial charge is 0.258 e. The van der Waals surface area contributed by atoms with E-state index in [4.69, 9.17) is 0 Å². The molecule has 0 aliphatic heterocycles. The van der Waals surface area contributed by atoms with Crippen LogP contribution in [-0.4, -0.2) is 5.71 Å². The van der Waals surface area contributed by atoms with Gasteiger partial charge in [-0.2, -0.15) is 0 Å². The molecule has 0 spiro atoms. The maximum absolute atomic E-state index is 4.52. The number of aryl methyl sites for hydroxylation is 1. The van der Waals surface area contributed by atoms with Crippen molar-refractivity contribution in [2.75, 3.05) is 0 Å². The van der Waals surface area contributed by atoms with Crippen molar-refractivity contribution in [3.8, 4) is 0 Å². The fourth-order valence-corrected chi connectivity index (χ4v) is 1.64. The summed E-state index contributed by atoms with van der Waals surface area (Å²) < 4.78 is 0. The molecule has 0 aromatic heterocycles. The van der Waals surface area contributed by atoms with Gasteiger partial charge in [-0.1, -0.05) is 25.6 Å². The van der Waals surface area contributed by atoms with Gasteiger partial charge in [0.05, 0.1) is 5.70 Å². The van der Waals surface area contributed by atoms with Crippen molar-refractivity contribution in [3.05, 3.63) is 41.0 Å². The summed E-state index contributed by atoms with van der Waals surface area (Å²) in [6.07, 6.45) is 0.975. The summed E-state index contributed by atoms with van der Waals surface area (Å²) in [7, 11) is 0. The fourth-order valence-electron chi connectivity index (χ4n) is 1.64. The van der Waals surface area contributed by atoms with Gasteiger partial charge in [0.25, 0.3) is 0 Å². The lowest BCUT2D eigenvalue weighted by Gasteiger charge is -2.11. The van der Waals surface area contributed by atoms with E-state index in [1.54, 1.807) is 0 Å². The van der Waals surface area contributed by atoms with Gasteiger partial charge in [0.1, 0.15) is 0 Å². The van der Waals surface area contributed by atoms with Crippen molar-refractivity contribution in [2.24, 2.45) is 4.99 Å².